The third-order valence-corrected chi connectivity index (χ3v) is 6.54. The Morgan fingerprint density at radius 2 is 1.84 bits per heavy atom. The lowest BCUT2D eigenvalue weighted by Gasteiger charge is -2.22. The van der Waals surface area contributed by atoms with Crippen LogP contribution in [0.2, 0.25) is 5.02 Å². The van der Waals surface area contributed by atoms with Crippen molar-refractivity contribution in [3.8, 4) is 11.4 Å². The minimum atomic E-state index is -0.204. The van der Waals surface area contributed by atoms with E-state index in [1.54, 1.807) is 16.7 Å². The summed E-state index contributed by atoms with van der Waals surface area (Å²) in [6, 6.07) is 15.5. The first-order valence-electron chi connectivity index (χ1n) is 11.5. The molecule has 1 fully saturated rings. The number of carbonyl (C=O) groups excluding carboxylic acids is 1. The zero-order valence-corrected chi connectivity index (χ0v) is 19.4. The monoisotopic (exact) mass is 451 g/mol. The molecule has 0 spiro atoms. The van der Waals surface area contributed by atoms with Crippen molar-refractivity contribution in [3.63, 3.8) is 0 Å². The third kappa shape index (κ3) is 5.57. The molecule has 1 aromatic heterocycles. The van der Waals surface area contributed by atoms with Crippen molar-refractivity contribution in [2.75, 3.05) is 0 Å². The highest BCUT2D eigenvalue weighted by Crippen LogP contribution is 2.27. The summed E-state index contributed by atoms with van der Waals surface area (Å²) in [7, 11) is 0. The number of aryl methyl sites for hydroxylation is 2. The van der Waals surface area contributed by atoms with Gasteiger partial charge in [-0.3, -0.25) is 9.36 Å². The van der Waals surface area contributed by atoms with E-state index in [9.17, 15) is 9.59 Å². The zero-order valence-electron chi connectivity index (χ0n) is 18.6. The van der Waals surface area contributed by atoms with Crippen molar-refractivity contribution < 1.29 is 4.79 Å². The quantitative estimate of drug-likeness (QED) is 0.457. The molecule has 1 aliphatic rings. The molecule has 1 aliphatic carbocycles. The number of hydrogen-bond acceptors (Lipinski definition) is 3. The maximum Gasteiger partial charge on any atom is 0.346 e. The first kappa shape index (κ1) is 22.5. The van der Waals surface area contributed by atoms with Gasteiger partial charge in [-0.05, 0) is 61.9 Å². The summed E-state index contributed by atoms with van der Waals surface area (Å²) >= 11 is 6.06. The van der Waals surface area contributed by atoms with Gasteiger partial charge >= 0.3 is 5.69 Å². The van der Waals surface area contributed by atoms with Crippen molar-refractivity contribution in [2.24, 2.45) is 5.92 Å². The average molecular weight is 452 g/mol. The molecule has 4 rings (SSSR count). The standard InChI is InChI=1S/C26H30ClN3O2/c1-19-6-5-9-20(16-19)10-15-24(31)18-30-26(32)29(17-21-7-3-2-4-8-21)25(28-30)22-11-13-23(27)14-12-22/h5-6,9,11-14,16,21H,2-4,7-8,10,15,17-18H2,1H3. The van der Waals surface area contributed by atoms with E-state index in [2.05, 4.69) is 11.2 Å². The molecule has 0 aliphatic heterocycles. The van der Waals surface area contributed by atoms with Crippen LogP contribution in [0, 0.1) is 12.8 Å². The average Bonchev–Trinajstić information content (AvgIpc) is 3.09. The van der Waals surface area contributed by atoms with E-state index in [1.807, 2.05) is 37.3 Å². The summed E-state index contributed by atoms with van der Waals surface area (Å²) in [5.41, 5.74) is 2.95. The van der Waals surface area contributed by atoms with Crippen LogP contribution in [-0.4, -0.2) is 20.1 Å². The molecule has 3 aromatic rings. The second kappa shape index (κ2) is 10.3. The van der Waals surface area contributed by atoms with Crippen molar-refractivity contribution >= 4 is 17.4 Å². The van der Waals surface area contributed by atoms with Crippen LogP contribution in [0.15, 0.2) is 53.3 Å². The molecule has 1 heterocycles. The molecule has 0 unspecified atom stereocenters. The minimum Gasteiger partial charge on any atom is -0.298 e. The van der Waals surface area contributed by atoms with Crippen LogP contribution in [0.25, 0.3) is 11.4 Å². The van der Waals surface area contributed by atoms with Gasteiger partial charge in [0.1, 0.15) is 6.54 Å². The Kier molecular flexibility index (Phi) is 7.26. The van der Waals surface area contributed by atoms with Gasteiger partial charge in [0.2, 0.25) is 0 Å². The van der Waals surface area contributed by atoms with Crippen LogP contribution in [0.5, 0.6) is 0 Å². The van der Waals surface area contributed by atoms with Gasteiger partial charge in [0.15, 0.2) is 11.6 Å². The Bertz CT molecular complexity index is 1120. The fourth-order valence-electron chi connectivity index (χ4n) is 4.55. The molecular weight excluding hydrogens is 422 g/mol. The number of hydrogen-bond donors (Lipinski definition) is 0. The van der Waals surface area contributed by atoms with E-state index in [0.717, 1.165) is 24.0 Å². The Morgan fingerprint density at radius 3 is 2.56 bits per heavy atom. The maximum atomic E-state index is 13.2. The van der Waals surface area contributed by atoms with Crippen LogP contribution in [0.1, 0.15) is 49.7 Å². The normalized spacial score (nSPS) is 14.6. The molecule has 0 radical (unpaired) electrons. The largest absolute Gasteiger partial charge is 0.346 e. The van der Waals surface area contributed by atoms with Crippen molar-refractivity contribution in [3.05, 3.63) is 75.2 Å². The fourth-order valence-corrected chi connectivity index (χ4v) is 4.67. The zero-order chi connectivity index (χ0) is 22.5. The lowest BCUT2D eigenvalue weighted by Crippen LogP contribution is -2.30. The van der Waals surface area contributed by atoms with Gasteiger partial charge in [0, 0.05) is 23.6 Å². The van der Waals surface area contributed by atoms with Gasteiger partial charge in [-0.15, -0.1) is 5.10 Å². The molecule has 1 saturated carbocycles. The Hall–Kier alpha value is -2.66. The molecule has 0 saturated heterocycles. The van der Waals surface area contributed by atoms with Crippen molar-refractivity contribution in [2.45, 2.75) is 65.0 Å². The Labute approximate surface area is 194 Å². The SMILES string of the molecule is Cc1cccc(CCC(=O)Cn2nc(-c3ccc(Cl)cc3)n(CC3CCCCC3)c2=O)c1. The molecule has 32 heavy (non-hydrogen) atoms. The number of nitrogens with zero attached hydrogens (tertiary/aromatic N) is 3. The van der Waals surface area contributed by atoms with Crippen LogP contribution in [0.3, 0.4) is 0 Å². The van der Waals surface area contributed by atoms with E-state index in [1.165, 1.54) is 29.5 Å². The molecule has 6 heteroatoms. The number of Topliss-reactive ketones (excluding diaryl/α,β-unsaturated/α-hetero) is 1. The van der Waals surface area contributed by atoms with Crippen molar-refractivity contribution in [1.29, 1.82) is 0 Å². The molecule has 0 atom stereocenters. The van der Waals surface area contributed by atoms with Gasteiger partial charge < -0.3 is 0 Å². The van der Waals surface area contributed by atoms with E-state index < -0.39 is 0 Å². The van der Waals surface area contributed by atoms with Crippen LogP contribution in [0.4, 0.5) is 0 Å². The summed E-state index contributed by atoms with van der Waals surface area (Å²) in [5, 5.41) is 5.23. The molecule has 2 aromatic carbocycles. The Morgan fingerprint density at radius 1 is 1.09 bits per heavy atom. The third-order valence-electron chi connectivity index (χ3n) is 6.29. The molecular formula is C26H30ClN3O2. The summed E-state index contributed by atoms with van der Waals surface area (Å²) in [6.07, 6.45) is 7.01. The molecule has 168 valence electrons. The van der Waals surface area contributed by atoms with E-state index in [0.29, 0.717) is 36.2 Å². The number of carbonyl (C=O) groups is 1. The fraction of sp³-hybridized carbons (Fsp3) is 0.423. The van der Waals surface area contributed by atoms with Crippen LogP contribution >= 0.6 is 11.6 Å². The summed E-state index contributed by atoms with van der Waals surface area (Å²) in [4.78, 5) is 25.9. The summed E-state index contributed by atoms with van der Waals surface area (Å²) in [5.74, 6) is 1.10. The van der Waals surface area contributed by atoms with Gasteiger partial charge in [-0.1, -0.05) is 60.7 Å². The van der Waals surface area contributed by atoms with Crippen LogP contribution < -0.4 is 5.69 Å². The second-order valence-corrected chi connectivity index (χ2v) is 9.35. The van der Waals surface area contributed by atoms with E-state index >= 15 is 0 Å². The smallest absolute Gasteiger partial charge is 0.298 e. The molecule has 0 N–H and O–H groups in total. The van der Waals surface area contributed by atoms with Gasteiger partial charge in [0.05, 0.1) is 0 Å². The number of aromatic nitrogens is 3. The highest BCUT2D eigenvalue weighted by atomic mass is 35.5. The highest BCUT2D eigenvalue weighted by molar-refractivity contribution is 6.30. The Balaban J connectivity index is 1.54. The number of rotatable bonds is 8. The highest BCUT2D eigenvalue weighted by Gasteiger charge is 2.21. The lowest BCUT2D eigenvalue weighted by atomic mass is 9.89. The van der Waals surface area contributed by atoms with Gasteiger partial charge in [0.25, 0.3) is 0 Å². The number of benzene rings is 2. The summed E-state index contributed by atoms with van der Waals surface area (Å²) < 4.78 is 3.10. The van der Waals surface area contributed by atoms with Gasteiger partial charge in [-0.2, -0.15) is 0 Å². The minimum absolute atomic E-state index is 0.00288. The molecule has 5 nitrogen and oxygen atoms in total. The first-order chi connectivity index (χ1) is 15.5. The molecule has 0 bridgehead atoms. The number of halogens is 1. The predicted octanol–water partition coefficient (Wildman–Crippen LogP) is 5.46. The van der Waals surface area contributed by atoms with Crippen LogP contribution in [-0.2, 0) is 24.3 Å². The lowest BCUT2D eigenvalue weighted by molar-refractivity contribution is -0.119. The van der Waals surface area contributed by atoms with E-state index in [-0.39, 0.29) is 18.0 Å². The first-order valence-corrected chi connectivity index (χ1v) is 11.9. The van der Waals surface area contributed by atoms with E-state index in [4.69, 9.17) is 11.6 Å². The topological polar surface area (TPSA) is 56.9 Å². The maximum absolute atomic E-state index is 13.2. The second-order valence-electron chi connectivity index (χ2n) is 8.91. The predicted molar refractivity (Wildman–Crippen MR) is 128 cm³/mol. The number of ketones is 1. The van der Waals surface area contributed by atoms with Gasteiger partial charge in [-0.25, -0.2) is 9.48 Å². The van der Waals surface area contributed by atoms with Crippen molar-refractivity contribution in [1.82, 2.24) is 14.3 Å². The summed E-state index contributed by atoms with van der Waals surface area (Å²) in [6.45, 7) is 2.69. The molecule has 0 amide bonds.